The number of nitro benzene ring substituents is 1. The van der Waals surface area contributed by atoms with Gasteiger partial charge >= 0.3 is 5.97 Å². The van der Waals surface area contributed by atoms with Gasteiger partial charge in [0, 0.05) is 10.8 Å². The maximum absolute atomic E-state index is 12.1. The van der Waals surface area contributed by atoms with Crippen molar-refractivity contribution in [3.63, 3.8) is 0 Å². The smallest absolute Gasteiger partial charge is 0.348 e. The number of fused-ring (bicyclic) bond motifs is 1. The van der Waals surface area contributed by atoms with Gasteiger partial charge in [-0.25, -0.2) is 4.79 Å². The van der Waals surface area contributed by atoms with Crippen molar-refractivity contribution in [2.24, 2.45) is 0 Å². The van der Waals surface area contributed by atoms with E-state index < -0.39 is 23.4 Å². The minimum atomic E-state index is -0.595. The fraction of sp³-hybridized carbons (Fsp3) is 0.111. The van der Waals surface area contributed by atoms with E-state index in [9.17, 15) is 19.7 Å². The Morgan fingerprint density at radius 3 is 2.67 bits per heavy atom. The SMILES string of the molecule is COc1cc([N+](=O)[O-])ccc1NC(=O)COC(=O)c1cc2ccccc2s1. The van der Waals surface area contributed by atoms with Crippen molar-refractivity contribution < 1.29 is 24.0 Å². The summed E-state index contributed by atoms with van der Waals surface area (Å²) < 4.78 is 11.0. The highest BCUT2D eigenvalue weighted by Crippen LogP contribution is 2.29. The van der Waals surface area contributed by atoms with E-state index in [0.717, 1.165) is 10.1 Å². The van der Waals surface area contributed by atoms with Gasteiger partial charge in [-0.3, -0.25) is 14.9 Å². The molecule has 0 saturated heterocycles. The Morgan fingerprint density at radius 2 is 1.96 bits per heavy atom. The molecule has 27 heavy (non-hydrogen) atoms. The van der Waals surface area contributed by atoms with E-state index in [1.807, 2.05) is 24.3 Å². The molecule has 9 heteroatoms. The van der Waals surface area contributed by atoms with E-state index in [0.29, 0.717) is 4.88 Å². The topological polar surface area (TPSA) is 108 Å². The molecule has 0 unspecified atom stereocenters. The lowest BCUT2D eigenvalue weighted by Crippen LogP contribution is -2.21. The van der Waals surface area contributed by atoms with Gasteiger partial charge in [0.15, 0.2) is 6.61 Å². The minimum Gasteiger partial charge on any atom is -0.494 e. The Morgan fingerprint density at radius 1 is 1.19 bits per heavy atom. The van der Waals surface area contributed by atoms with Gasteiger partial charge < -0.3 is 14.8 Å². The van der Waals surface area contributed by atoms with E-state index in [2.05, 4.69) is 5.32 Å². The first-order chi connectivity index (χ1) is 13.0. The fourth-order valence-electron chi connectivity index (χ4n) is 2.37. The zero-order chi connectivity index (χ0) is 19.4. The molecule has 3 aromatic rings. The lowest BCUT2D eigenvalue weighted by Gasteiger charge is -2.10. The molecule has 0 spiro atoms. The Kier molecular flexibility index (Phi) is 5.32. The summed E-state index contributed by atoms with van der Waals surface area (Å²) in [6.45, 7) is -0.493. The number of ether oxygens (including phenoxy) is 2. The second-order valence-corrected chi connectivity index (χ2v) is 6.50. The average molecular weight is 386 g/mol. The molecule has 0 saturated carbocycles. The van der Waals surface area contributed by atoms with E-state index >= 15 is 0 Å². The maximum atomic E-state index is 12.1. The number of amides is 1. The summed E-state index contributed by atoms with van der Waals surface area (Å²) >= 11 is 1.28. The van der Waals surface area contributed by atoms with Gasteiger partial charge in [0.05, 0.1) is 23.8 Å². The van der Waals surface area contributed by atoms with Crippen molar-refractivity contribution in [2.75, 3.05) is 19.0 Å². The fourth-order valence-corrected chi connectivity index (χ4v) is 3.32. The molecule has 1 N–H and O–H groups in total. The number of nitrogens with one attached hydrogen (secondary N) is 1. The zero-order valence-corrected chi connectivity index (χ0v) is 14.9. The molecular weight excluding hydrogens is 372 g/mol. The molecule has 138 valence electrons. The van der Waals surface area contributed by atoms with Crippen LogP contribution in [0.4, 0.5) is 11.4 Å². The number of rotatable bonds is 6. The van der Waals surface area contributed by atoms with Crippen molar-refractivity contribution in [3.05, 3.63) is 63.5 Å². The number of methoxy groups -OCH3 is 1. The number of hydrogen-bond donors (Lipinski definition) is 1. The molecular formula is C18H14N2O6S. The van der Waals surface area contributed by atoms with Crippen LogP contribution in [0.15, 0.2) is 48.5 Å². The molecule has 0 bridgehead atoms. The van der Waals surface area contributed by atoms with Crippen LogP contribution < -0.4 is 10.1 Å². The van der Waals surface area contributed by atoms with Gasteiger partial charge in [0.1, 0.15) is 10.6 Å². The highest BCUT2D eigenvalue weighted by Gasteiger charge is 2.16. The van der Waals surface area contributed by atoms with Crippen LogP contribution in [0.1, 0.15) is 9.67 Å². The first-order valence-corrected chi connectivity index (χ1v) is 8.57. The van der Waals surface area contributed by atoms with Crippen molar-refractivity contribution in [1.29, 1.82) is 0 Å². The number of esters is 1. The molecule has 2 aromatic carbocycles. The molecule has 8 nitrogen and oxygen atoms in total. The van der Waals surface area contributed by atoms with Crippen molar-refractivity contribution in [1.82, 2.24) is 0 Å². The Hall–Kier alpha value is -3.46. The largest absolute Gasteiger partial charge is 0.494 e. The van der Waals surface area contributed by atoms with Gasteiger partial charge in [-0.1, -0.05) is 18.2 Å². The lowest BCUT2D eigenvalue weighted by molar-refractivity contribution is -0.384. The average Bonchev–Trinajstić information content (AvgIpc) is 3.10. The van der Waals surface area contributed by atoms with Crippen LogP contribution in [0.3, 0.4) is 0 Å². The van der Waals surface area contributed by atoms with Crippen LogP contribution in [0.2, 0.25) is 0 Å². The Labute approximate surface area is 157 Å². The zero-order valence-electron chi connectivity index (χ0n) is 14.1. The summed E-state index contributed by atoms with van der Waals surface area (Å²) in [6, 6.07) is 13.0. The van der Waals surface area contributed by atoms with Gasteiger partial charge in [-0.2, -0.15) is 0 Å². The van der Waals surface area contributed by atoms with E-state index in [1.165, 1.54) is 36.6 Å². The number of nitro groups is 1. The molecule has 0 aliphatic rings. The van der Waals surface area contributed by atoms with Crippen LogP contribution in [0.5, 0.6) is 5.75 Å². The summed E-state index contributed by atoms with van der Waals surface area (Å²) in [5.41, 5.74) is 0.0760. The van der Waals surface area contributed by atoms with Gasteiger partial charge in [0.2, 0.25) is 0 Å². The number of non-ortho nitro benzene ring substituents is 1. The third-order valence-electron chi connectivity index (χ3n) is 3.63. The van der Waals surface area contributed by atoms with Gasteiger partial charge in [0.25, 0.3) is 11.6 Å². The first-order valence-electron chi connectivity index (χ1n) is 7.76. The molecule has 1 aromatic heterocycles. The molecule has 0 aliphatic heterocycles. The van der Waals surface area contributed by atoms with Crippen LogP contribution in [-0.2, 0) is 9.53 Å². The number of nitrogens with zero attached hydrogens (tertiary/aromatic N) is 1. The summed E-state index contributed by atoms with van der Waals surface area (Å²) in [7, 11) is 1.33. The molecule has 3 rings (SSSR count). The number of thiophene rings is 1. The molecule has 0 radical (unpaired) electrons. The van der Waals surface area contributed by atoms with Crippen LogP contribution >= 0.6 is 11.3 Å². The maximum Gasteiger partial charge on any atom is 0.348 e. The van der Waals surface area contributed by atoms with Gasteiger partial charge in [-0.15, -0.1) is 11.3 Å². The Bertz CT molecular complexity index is 997. The molecule has 1 heterocycles. The van der Waals surface area contributed by atoms with E-state index in [1.54, 1.807) is 6.07 Å². The predicted molar refractivity (Wildman–Crippen MR) is 100 cm³/mol. The summed E-state index contributed by atoms with van der Waals surface area (Å²) in [5.74, 6) is -1.05. The summed E-state index contributed by atoms with van der Waals surface area (Å²) in [6.07, 6.45) is 0. The quantitative estimate of drug-likeness (QED) is 0.394. The molecule has 0 fully saturated rings. The number of carbonyl (C=O) groups excluding carboxylic acids is 2. The Balaban J connectivity index is 1.62. The van der Waals surface area contributed by atoms with E-state index in [-0.39, 0.29) is 17.1 Å². The van der Waals surface area contributed by atoms with Crippen molar-refractivity contribution in [3.8, 4) is 5.75 Å². The summed E-state index contributed by atoms with van der Waals surface area (Å²) in [4.78, 5) is 34.8. The molecule has 1 amide bonds. The number of benzene rings is 2. The highest BCUT2D eigenvalue weighted by atomic mass is 32.1. The van der Waals surface area contributed by atoms with Crippen molar-refractivity contribution >= 4 is 44.7 Å². The summed E-state index contributed by atoms with van der Waals surface area (Å²) in [5, 5.41) is 14.2. The third kappa shape index (κ3) is 4.21. The van der Waals surface area contributed by atoms with E-state index in [4.69, 9.17) is 9.47 Å². The first kappa shape index (κ1) is 18.3. The number of anilines is 1. The second-order valence-electron chi connectivity index (χ2n) is 5.41. The number of hydrogen-bond acceptors (Lipinski definition) is 7. The van der Waals surface area contributed by atoms with Crippen LogP contribution in [0, 0.1) is 10.1 Å². The lowest BCUT2D eigenvalue weighted by atomic mass is 10.2. The van der Waals surface area contributed by atoms with Crippen LogP contribution in [-0.4, -0.2) is 30.5 Å². The molecule has 0 aliphatic carbocycles. The predicted octanol–water partition coefficient (Wildman–Crippen LogP) is 3.61. The second kappa shape index (κ2) is 7.83. The molecule has 0 atom stereocenters. The minimum absolute atomic E-state index is 0.133. The van der Waals surface area contributed by atoms with Gasteiger partial charge in [-0.05, 0) is 23.6 Å². The third-order valence-corrected chi connectivity index (χ3v) is 4.73. The standard InChI is InChI=1S/C18H14N2O6S/c1-25-14-9-12(20(23)24)6-7-13(14)19-17(21)10-26-18(22)16-8-11-4-2-3-5-15(11)27-16/h2-9H,10H2,1H3,(H,19,21). The number of carbonyl (C=O) groups is 2. The highest BCUT2D eigenvalue weighted by molar-refractivity contribution is 7.20. The normalized spacial score (nSPS) is 10.4. The van der Waals surface area contributed by atoms with Crippen molar-refractivity contribution in [2.45, 2.75) is 0 Å². The van der Waals surface area contributed by atoms with Crippen LogP contribution in [0.25, 0.3) is 10.1 Å². The monoisotopic (exact) mass is 386 g/mol.